The van der Waals surface area contributed by atoms with E-state index in [1.807, 2.05) is 13.1 Å². The molecule has 1 rings (SSSR count). The number of nitrogens with zero attached hydrogens (tertiary/aromatic N) is 2. The molecule has 1 heterocycles. The van der Waals surface area contributed by atoms with Crippen molar-refractivity contribution in [1.29, 1.82) is 0 Å². The number of thiazole rings is 1. The van der Waals surface area contributed by atoms with Crippen LogP contribution in [0.25, 0.3) is 0 Å². The topological polar surface area (TPSA) is 54.5 Å². The van der Waals surface area contributed by atoms with E-state index in [9.17, 15) is 4.79 Å². The van der Waals surface area contributed by atoms with E-state index in [2.05, 4.69) is 10.3 Å². The molecule has 0 fully saturated rings. The standard InChI is InChI=1S/C9H15N3O2S/c1-7-6-11-8(15-7)4-5-10-9(13)12(2)14-3/h6H,4-5H2,1-3H3,(H,10,13). The molecule has 6 heteroatoms. The van der Waals surface area contributed by atoms with Gasteiger partial charge in [0.1, 0.15) is 0 Å². The zero-order valence-electron chi connectivity index (χ0n) is 9.11. The van der Waals surface area contributed by atoms with Crippen molar-refractivity contribution in [1.82, 2.24) is 15.4 Å². The van der Waals surface area contributed by atoms with E-state index >= 15 is 0 Å². The number of nitrogens with one attached hydrogen (secondary N) is 1. The van der Waals surface area contributed by atoms with Gasteiger partial charge in [0, 0.05) is 31.1 Å². The highest BCUT2D eigenvalue weighted by Crippen LogP contribution is 2.10. The zero-order chi connectivity index (χ0) is 11.3. The third kappa shape index (κ3) is 3.85. The second kappa shape index (κ2) is 5.67. The van der Waals surface area contributed by atoms with E-state index in [4.69, 9.17) is 4.84 Å². The molecule has 84 valence electrons. The Hall–Kier alpha value is -1.14. The minimum absolute atomic E-state index is 0.245. The maximum Gasteiger partial charge on any atom is 0.341 e. The fourth-order valence-corrected chi connectivity index (χ4v) is 1.77. The van der Waals surface area contributed by atoms with Gasteiger partial charge in [-0.3, -0.25) is 4.84 Å². The second-order valence-corrected chi connectivity index (χ2v) is 4.35. The highest BCUT2D eigenvalue weighted by atomic mass is 32.1. The molecule has 0 aliphatic heterocycles. The number of carbonyl (C=O) groups excluding carboxylic acids is 1. The molecule has 1 N–H and O–H groups in total. The van der Waals surface area contributed by atoms with Crippen molar-refractivity contribution in [2.75, 3.05) is 20.7 Å². The average molecular weight is 229 g/mol. The first-order chi connectivity index (χ1) is 7.13. The van der Waals surface area contributed by atoms with Crippen LogP contribution in [-0.4, -0.2) is 36.8 Å². The Kier molecular flexibility index (Phi) is 4.51. The molecule has 0 radical (unpaired) electrons. The monoisotopic (exact) mass is 229 g/mol. The highest BCUT2D eigenvalue weighted by Gasteiger charge is 2.06. The van der Waals surface area contributed by atoms with Crippen LogP contribution in [0.1, 0.15) is 9.88 Å². The van der Waals surface area contributed by atoms with E-state index in [0.29, 0.717) is 6.54 Å². The number of urea groups is 1. The fraction of sp³-hybridized carbons (Fsp3) is 0.556. The fourth-order valence-electron chi connectivity index (χ4n) is 0.988. The van der Waals surface area contributed by atoms with Crippen LogP contribution < -0.4 is 5.32 Å². The summed E-state index contributed by atoms with van der Waals surface area (Å²) in [5.41, 5.74) is 0. The maximum absolute atomic E-state index is 11.2. The summed E-state index contributed by atoms with van der Waals surface area (Å²) >= 11 is 1.65. The van der Waals surface area contributed by atoms with Crippen molar-refractivity contribution in [3.05, 3.63) is 16.1 Å². The van der Waals surface area contributed by atoms with Gasteiger partial charge in [0.25, 0.3) is 0 Å². The number of carbonyl (C=O) groups is 1. The number of rotatable bonds is 4. The molecule has 0 bridgehead atoms. The third-order valence-corrected chi connectivity index (χ3v) is 2.82. The van der Waals surface area contributed by atoms with Crippen molar-refractivity contribution in [3.8, 4) is 0 Å². The zero-order valence-corrected chi connectivity index (χ0v) is 9.93. The Morgan fingerprint density at radius 2 is 2.47 bits per heavy atom. The van der Waals surface area contributed by atoms with Gasteiger partial charge in [-0.05, 0) is 6.92 Å². The lowest BCUT2D eigenvalue weighted by molar-refractivity contribution is -0.0646. The Labute approximate surface area is 93.0 Å². The van der Waals surface area contributed by atoms with Gasteiger partial charge >= 0.3 is 6.03 Å². The largest absolute Gasteiger partial charge is 0.341 e. The Morgan fingerprint density at radius 3 is 3.00 bits per heavy atom. The van der Waals surface area contributed by atoms with E-state index in [1.54, 1.807) is 18.4 Å². The van der Waals surface area contributed by atoms with E-state index < -0.39 is 0 Å². The molecule has 0 saturated heterocycles. The SMILES string of the molecule is CON(C)C(=O)NCCc1ncc(C)s1. The summed E-state index contributed by atoms with van der Waals surface area (Å²) < 4.78 is 0. The third-order valence-electron chi connectivity index (χ3n) is 1.84. The summed E-state index contributed by atoms with van der Waals surface area (Å²) in [7, 11) is 3.01. The lowest BCUT2D eigenvalue weighted by Gasteiger charge is -2.13. The summed E-state index contributed by atoms with van der Waals surface area (Å²) in [6, 6.07) is -0.245. The van der Waals surface area contributed by atoms with Crippen LogP contribution in [0, 0.1) is 6.92 Å². The molecule has 0 unspecified atom stereocenters. The van der Waals surface area contributed by atoms with Gasteiger partial charge in [-0.15, -0.1) is 11.3 Å². The van der Waals surface area contributed by atoms with E-state index in [-0.39, 0.29) is 6.03 Å². The van der Waals surface area contributed by atoms with Gasteiger partial charge < -0.3 is 5.32 Å². The van der Waals surface area contributed by atoms with E-state index in [1.165, 1.54) is 12.0 Å². The minimum atomic E-state index is -0.245. The molecule has 15 heavy (non-hydrogen) atoms. The number of hydroxylamine groups is 2. The molecular weight excluding hydrogens is 214 g/mol. The minimum Gasteiger partial charge on any atom is -0.336 e. The summed E-state index contributed by atoms with van der Waals surface area (Å²) in [4.78, 5) is 21.4. The lowest BCUT2D eigenvalue weighted by atomic mass is 10.4. The highest BCUT2D eigenvalue weighted by molar-refractivity contribution is 7.11. The van der Waals surface area contributed by atoms with Crippen LogP contribution >= 0.6 is 11.3 Å². The Morgan fingerprint density at radius 1 is 1.73 bits per heavy atom. The first-order valence-corrected chi connectivity index (χ1v) is 5.42. The van der Waals surface area contributed by atoms with Gasteiger partial charge in [-0.2, -0.15) is 0 Å². The lowest BCUT2D eigenvalue weighted by Crippen LogP contribution is -2.37. The maximum atomic E-state index is 11.2. The molecule has 5 nitrogen and oxygen atoms in total. The summed E-state index contributed by atoms with van der Waals surface area (Å²) in [5, 5.41) is 4.90. The van der Waals surface area contributed by atoms with Gasteiger partial charge in [-0.1, -0.05) is 0 Å². The van der Waals surface area contributed by atoms with Crippen molar-refractivity contribution in [2.24, 2.45) is 0 Å². The second-order valence-electron chi connectivity index (χ2n) is 3.03. The Bertz CT molecular complexity index is 327. The van der Waals surface area contributed by atoms with Gasteiger partial charge in [-0.25, -0.2) is 14.8 Å². The van der Waals surface area contributed by atoms with Crippen molar-refractivity contribution in [3.63, 3.8) is 0 Å². The quantitative estimate of drug-likeness (QED) is 0.789. The molecule has 1 aromatic rings. The molecule has 0 spiro atoms. The molecule has 2 amide bonds. The average Bonchev–Trinajstić information content (AvgIpc) is 2.63. The number of aryl methyl sites for hydroxylation is 1. The van der Waals surface area contributed by atoms with Gasteiger partial charge in [0.05, 0.1) is 12.1 Å². The van der Waals surface area contributed by atoms with E-state index in [0.717, 1.165) is 16.5 Å². The van der Waals surface area contributed by atoms with Crippen molar-refractivity contribution in [2.45, 2.75) is 13.3 Å². The van der Waals surface area contributed by atoms with Crippen LogP contribution in [0.3, 0.4) is 0 Å². The normalized spacial score (nSPS) is 10.1. The van der Waals surface area contributed by atoms with Crippen LogP contribution in [0.15, 0.2) is 6.20 Å². The number of hydrogen-bond acceptors (Lipinski definition) is 4. The van der Waals surface area contributed by atoms with Crippen molar-refractivity contribution < 1.29 is 9.63 Å². The first kappa shape index (κ1) is 11.9. The van der Waals surface area contributed by atoms with Crippen LogP contribution in [0.2, 0.25) is 0 Å². The van der Waals surface area contributed by atoms with Crippen LogP contribution in [0.4, 0.5) is 4.79 Å². The summed E-state index contributed by atoms with van der Waals surface area (Å²) in [6.07, 6.45) is 2.59. The molecule has 0 aliphatic carbocycles. The predicted octanol–water partition coefficient (Wildman–Crippen LogP) is 1.20. The molecule has 0 aromatic carbocycles. The molecule has 0 aliphatic rings. The number of amides is 2. The van der Waals surface area contributed by atoms with Gasteiger partial charge in [0.2, 0.25) is 0 Å². The summed E-state index contributed by atoms with van der Waals surface area (Å²) in [6.45, 7) is 2.58. The predicted molar refractivity (Wildman–Crippen MR) is 58.7 cm³/mol. The molecule has 1 aromatic heterocycles. The summed E-state index contributed by atoms with van der Waals surface area (Å²) in [5.74, 6) is 0. The smallest absolute Gasteiger partial charge is 0.336 e. The molecule has 0 saturated carbocycles. The van der Waals surface area contributed by atoms with Crippen LogP contribution in [-0.2, 0) is 11.3 Å². The van der Waals surface area contributed by atoms with Crippen LogP contribution in [0.5, 0.6) is 0 Å². The van der Waals surface area contributed by atoms with Gasteiger partial charge in [0.15, 0.2) is 0 Å². The number of hydrogen-bond donors (Lipinski definition) is 1. The molecule has 0 atom stereocenters. The van der Waals surface area contributed by atoms with Crippen molar-refractivity contribution >= 4 is 17.4 Å². The number of aromatic nitrogens is 1. The molecular formula is C9H15N3O2S. The first-order valence-electron chi connectivity index (χ1n) is 4.60. The Balaban J connectivity index is 2.24.